The van der Waals surface area contributed by atoms with Crippen LogP contribution in [-0.2, 0) is 0 Å². The maximum absolute atomic E-state index is 8.76. The molecular formula is C14H16N6. The van der Waals surface area contributed by atoms with E-state index in [9.17, 15) is 0 Å². The Kier molecular flexibility index (Phi) is 3.33. The molecule has 2 aromatic rings. The van der Waals surface area contributed by atoms with E-state index in [1.165, 1.54) is 0 Å². The molecule has 2 unspecified atom stereocenters. The maximum Gasteiger partial charge on any atom is 0.163 e. The molecule has 2 aromatic heterocycles. The lowest BCUT2D eigenvalue weighted by atomic mass is 9.93. The maximum atomic E-state index is 8.76. The zero-order valence-electron chi connectivity index (χ0n) is 11.3. The van der Waals surface area contributed by atoms with Crippen LogP contribution in [0.15, 0.2) is 30.9 Å². The summed E-state index contributed by atoms with van der Waals surface area (Å²) in [4.78, 5) is 6.35. The van der Waals surface area contributed by atoms with Gasteiger partial charge in [0, 0.05) is 25.5 Å². The smallest absolute Gasteiger partial charge is 0.163 e. The molecule has 0 radical (unpaired) electrons. The minimum absolute atomic E-state index is 0.352. The number of hydrogen-bond donors (Lipinski definition) is 0. The lowest BCUT2D eigenvalue weighted by molar-refractivity contribution is 0.297. The van der Waals surface area contributed by atoms with Crippen LogP contribution in [-0.4, -0.2) is 32.8 Å². The minimum atomic E-state index is 0.352. The fourth-order valence-corrected chi connectivity index (χ4v) is 2.66. The summed E-state index contributed by atoms with van der Waals surface area (Å²) in [6, 6.07) is 5.97. The van der Waals surface area contributed by atoms with Crippen LogP contribution in [0, 0.1) is 17.2 Å². The number of imidazole rings is 1. The van der Waals surface area contributed by atoms with Gasteiger partial charge < -0.3 is 9.47 Å². The molecule has 20 heavy (non-hydrogen) atoms. The normalized spacial score (nSPS) is 22.5. The molecule has 6 nitrogen and oxygen atoms in total. The second-order valence-electron chi connectivity index (χ2n) is 5.18. The van der Waals surface area contributed by atoms with Gasteiger partial charge in [0.2, 0.25) is 0 Å². The number of rotatable bonds is 2. The van der Waals surface area contributed by atoms with E-state index in [0.717, 1.165) is 25.3 Å². The largest absolute Gasteiger partial charge is 0.353 e. The first-order valence-corrected chi connectivity index (χ1v) is 6.74. The third-order valence-corrected chi connectivity index (χ3v) is 3.92. The molecule has 0 saturated carbocycles. The Hall–Kier alpha value is -2.42. The second kappa shape index (κ2) is 5.29. The van der Waals surface area contributed by atoms with Gasteiger partial charge in [-0.05, 0) is 24.5 Å². The Morgan fingerprint density at radius 2 is 2.25 bits per heavy atom. The number of nitrogens with zero attached hydrogens (tertiary/aromatic N) is 6. The van der Waals surface area contributed by atoms with E-state index in [4.69, 9.17) is 5.26 Å². The average molecular weight is 268 g/mol. The third kappa shape index (κ3) is 2.35. The van der Waals surface area contributed by atoms with Crippen molar-refractivity contribution in [3.05, 3.63) is 36.5 Å². The molecule has 1 saturated heterocycles. The number of hydrogen-bond acceptors (Lipinski definition) is 5. The topological polar surface area (TPSA) is 70.6 Å². The molecule has 1 fully saturated rings. The van der Waals surface area contributed by atoms with E-state index < -0.39 is 0 Å². The first-order valence-electron chi connectivity index (χ1n) is 6.74. The average Bonchev–Trinajstić information content (AvgIpc) is 3.02. The molecule has 0 aliphatic carbocycles. The van der Waals surface area contributed by atoms with Gasteiger partial charge in [0.25, 0.3) is 0 Å². The Balaban J connectivity index is 1.79. The van der Waals surface area contributed by atoms with E-state index >= 15 is 0 Å². The van der Waals surface area contributed by atoms with Gasteiger partial charge in [0.05, 0.1) is 12.4 Å². The van der Waals surface area contributed by atoms with E-state index in [0.29, 0.717) is 17.7 Å². The van der Waals surface area contributed by atoms with E-state index in [2.05, 4.69) is 31.6 Å². The van der Waals surface area contributed by atoms with Crippen LogP contribution in [0.3, 0.4) is 0 Å². The number of nitriles is 1. The van der Waals surface area contributed by atoms with Crippen LogP contribution in [0.1, 0.15) is 25.1 Å². The van der Waals surface area contributed by atoms with Crippen LogP contribution in [0.5, 0.6) is 0 Å². The van der Waals surface area contributed by atoms with Gasteiger partial charge in [-0.25, -0.2) is 4.98 Å². The number of piperidine rings is 1. The van der Waals surface area contributed by atoms with Crippen LogP contribution < -0.4 is 4.90 Å². The lowest BCUT2D eigenvalue weighted by Crippen LogP contribution is -2.41. The van der Waals surface area contributed by atoms with Crippen LogP contribution in [0.4, 0.5) is 5.82 Å². The molecule has 0 amide bonds. The molecular weight excluding hydrogens is 252 g/mol. The summed E-state index contributed by atoms with van der Waals surface area (Å²) in [6.07, 6.45) is 6.79. The van der Waals surface area contributed by atoms with Crippen molar-refractivity contribution in [1.29, 1.82) is 5.26 Å². The minimum Gasteiger partial charge on any atom is -0.353 e. The van der Waals surface area contributed by atoms with Gasteiger partial charge >= 0.3 is 0 Å². The Bertz CT molecular complexity index is 598. The number of anilines is 1. The Morgan fingerprint density at radius 1 is 1.35 bits per heavy atom. The molecule has 2 atom stereocenters. The monoisotopic (exact) mass is 268 g/mol. The van der Waals surface area contributed by atoms with Crippen LogP contribution >= 0.6 is 0 Å². The molecule has 0 N–H and O–H groups in total. The molecule has 6 heteroatoms. The van der Waals surface area contributed by atoms with Crippen molar-refractivity contribution in [2.75, 3.05) is 18.0 Å². The summed E-state index contributed by atoms with van der Waals surface area (Å²) in [6.45, 7) is 4.12. The van der Waals surface area contributed by atoms with Crippen molar-refractivity contribution in [2.45, 2.75) is 19.4 Å². The molecule has 1 aliphatic heterocycles. The summed E-state index contributed by atoms with van der Waals surface area (Å²) >= 11 is 0. The molecule has 1 aliphatic rings. The second-order valence-corrected chi connectivity index (χ2v) is 5.18. The van der Waals surface area contributed by atoms with Crippen molar-refractivity contribution < 1.29 is 0 Å². The highest BCUT2D eigenvalue weighted by Gasteiger charge is 2.28. The van der Waals surface area contributed by atoms with Crippen molar-refractivity contribution in [3.8, 4) is 6.07 Å². The lowest BCUT2D eigenvalue weighted by Gasteiger charge is -2.38. The summed E-state index contributed by atoms with van der Waals surface area (Å²) in [5.74, 6) is 1.44. The molecule has 0 spiro atoms. The van der Waals surface area contributed by atoms with Gasteiger partial charge in [0.15, 0.2) is 11.5 Å². The van der Waals surface area contributed by atoms with Gasteiger partial charge in [-0.15, -0.1) is 10.2 Å². The third-order valence-electron chi connectivity index (χ3n) is 3.92. The highest BCUT2D eigenvalue weighted by molar-refractivity contribution is 5.39. The predicted molar refractivity (Wildman–Crippen MR) is 74.0 cm³/mol. The van der Waals surface area contributed by atoms with Gasteiger partial charge in [-0.2, -0.15) is 5.26 Å². The van der Waals surface area contributed by atoms with Crippen LogP contribution in [0.25, 0.3) is 0 Å². The molecule has 3 heterocycles. The predicted octanol–water partition coefficient (Wildman–Crippen LogP) is 1.63. The quantitative estimate of drug-likeness (QED) is 0.828. The number of aromatic nitrogens is 4. The van der Waals surface area contributed by atoms with Crippen LogP contribution in [0.2, 0.25) is 0 Å². The van der Waals surface area contributed by atoms with Gasteiger partial charge in [-0.1, -0.05) is 6.92 Å². The van der Waals surface area contributed by atoms with Crippen molar-refractivity contribution >= 4 is 5.82 Å². The standard InChI is InChI=1S/C14H16N6/c1-11-4-6-19(9-13(11)20-7-5-16-10-20)14-3-2-12(8-15)17-18-14/h2-3,5,7,10-11,13H,4,6,9H2,1H3. The summed E-state index contributed by atoms with van der Waals surface area (Å²) < 4.78 is 2.16. The highest BCUT2D eigenvalue weighted by atomic mass is 15.3. The molecule has 3 rings (SSSR count). The first-order chi connectivity index (χ1) is 9.78. The van der Waals surface area contributed by atoms with E-state index in [-0.39, 0.29) is 0 Å². The zero-order valence-corrected chi connectivity index (χ0v) is 11.3. The summed E-state index contributed by atoms with van der Waals surface area (Å²) in [5, 5.41) is 16.8. The molecule has 102 valence electrons. The van der Waals surface area contributed by atoms with E-state index in [1.54, 1.807) is 6.07 Å². The van der Waals surface area contributed by atoms with E-state index in [1.807, 2.05) is 30.9 Å². The summed E-state index contributed by atoms with van der Waals surface area (Å²) in [7, 11) is 0. The zero-order chi connectivity index (χ0) is 13.9. The van der Waals surface area contributed by atoms with Crippen molar-refractivity contribution in [3.63, 3.8) is 0 Å². The first kappa shape index (κ1) is 12.6. The fourth-order valence-electron chi connectivity index (χ4n) is 2.66. The Morgan fingerprint density at radius 3 is 2.90 bits per heavy atom. The summed E-state index contributed by atoms with van der Waals surface area (Å²) in [5.41, 5.74) is 0.352. The Labute approximate surface area is 117 Å². The fraction of sp³-hybridized carbons (Fsp3) is 0.429. The van der Waals surface area contributed by atoms with Gasteiger partial charge in [-0.3, -0.25) is 0 Å². The molecule has 0 aromatic carbocycles. The van der Waals surface area contributed by atoms with Gasteiger partial charge in [0.1, 0.15) is 6.07 Å². The van der Waals surface area contributed by atoms with Crippen molar-refractivity contribution in [2.24, 2.45) is 5.92 Å². The van der Waals surface area contributed by atoms with Crippen molar-refractivity contribution in [1.82, 2.24) is 19.7 Å². The molecule has 0 bridgehead atoms. The highest BCUT2D eigenvalue weighted by Crippen LogP contribution is 2.29. The SMILES string of the molecule is CC1CCN(c2ccc(C#N)nn2)CC1n1ccnc1.